The average molecular weight is 268 g/mol. The predicted octanol–water partition coefficient (Wildman–Crippen LogP) is 1.89. The van der Waals surface area contributed by atoms with Crippen molar-refractivity contribution in [3.05, 3.63) is 0 Å². The Hall–Kier alpha value is -0.330. The van der Waals surface area contributed by atoms with Gasteiger partial charge in [0, 0.05) is 26.3 Å². The van der Waals surface area contributed by atoms with Gasteiger partial charge < -0.3 is 10.1 Å². The molecule has 1 rings (SSSR count). The molecule has 3 nitrogen and oxygen atoms in total. The highest BCUT2D eigenvalue weighted by Gasteiger charge is 2.36. The summed E-state index contributed by atoms with van der Waals surface area (Å²) in [5, 5.41) is 3.26. The molecule has 0 spiro atoms. The Morgan fingerprint density at radius 3 is 2.39 bits per heavy atom. The van der Waals surface area contributed by atoms with Crippen LogP contribution in [0.5, 0.6) is 0 Å². The van der Waals surface area contributed by atoms with Gasteiger partial charge in [-0.15, -0.1) is 0 Å². The molecule has 0 aromatic heterocycles. The first kappa shape index (κ1) is 15.7. The van der Waals surface area contributed by atoms with Crippen LogP contribution in [-0.4, -0.2) is 57.5 Å². The standard InChI is InChI=1S/C12H23F3N2O/c1-3-16-8-11(4-6-18-7-5-11)9-17(2)10-12(13,14)15/h16H,3-10H2,1-2H3. The number of nitrogens with zero attached hydrogens (tertiary/aromatic N) is 1. The zero-order chi connectivity index (χ0) is 13.6. The van der Waals surface area contributed by atoms with E-state index >= 15 is 0 Å². The van der Waals surface area contributed by atoms with E-state index in [0.29, 0.717) is 19.8 Å². The van der Waals surface area contributed by atoms with Crippen molar-refractivity contribution in [2.45, 2.75) is 25.9 Å². The van der Waals surface area contributed by atoms with Crippen LogP contribution in [0.4, 0.5) is 13.2 Å². The van der Waals surface area contributed by atoms with E-state index in [9.17, 15) is 13.2 Å². The van der Waals surface area contributed by atoms with Crippen molar-refractivity contribution in [3.8, 4) is 0 Å². The largest absolute Gasteiger partial charge is 0.401 e. The summed E-state index contributed by atoms with van der Waals surface area (Å²) in [4.78, 5) is 1.38. The van der Waals surface area contributed by atoms with E-state index in [1.807, 2.05) is 6.92 Å². The maximum atomic E-state index is 12.4. The molecule has 18 heavy (non-hydrogen) atoms. The summed E-state index contributed by atoms with van der Waals surface area (Å²) in [5.74, 6) is 0. The van der Waals surface area contributed by atoms with Crippen molar-refractivity contribution in [1.82, 2.24) is 10.2 Å². The summed E-state index contributed by atoms with van der Waals surface area (Å²) in [6.07, 6.45) is -2.48. The molecular formula is C12H23F3N2O. The van der Waals surface area contributed by atoms with Crippen LogP contribution in [0.15, 0.2) is 0 Å². The number of ether oxygens (including phenoxy) is 1. The molecule has 108 valence electrons. The van der Waals surface area contributed by atoms with Gasteiger partial charge in [0.05, 0.1) is 6.54 Å². The minimum atomic E-state index is -4.13. The minimum Gasteiger partial charge on any atom is -0.381 e. The second kappa shape index (κ2) is 6.73. The lowest BCUT2D eigenvalue weighted by Gasteiger charge is -2.40. The van der Waals surface area contributed by atoms with Crippen LogP contribution in [0.1, 0.15) is 19.8 Å². The molecule has 1 saturated heterocycles. The fourth-order valence-corrected chi connectivity index (χ4v) is 2.52. The molecule has 0 radical (unpaired) electrons. The van der Waals surface area contributed by atoms with Gasteiger partial charge in [-0.3, -0.25) is 4.90 Å². The van der Waals surface area contributed by atoms with Crippen molar-refractivity contribution >= 4 is 0 Å². The Kier molecular flexibility index (Phi) is 5.88. The average Bonchev–Trinajstić information content (AvgIpc) is 2.25. The predicted molar refractivity (Wildman–Crippen MR) is 64.6 cm³/mol. The number of hydrogen-bond donors (Lipinski definition) is 1. The van der Waals surface area contributed by atoms with Gasteiger partial charge >= 0.3 is 6.18 Å². The molecule has 1 aliphatic heterocycles. The van der Waals surface area contributed by atoms with Gasteiger partial charge in [0.15, 0.2) is 0 Å². The molecule has 1 heterocycles. The molecule has 0 aromatic rings. The van der Waals surface area contributed by atoms with E-state index in [-0.39, 0.29) is 5.41 Å². The fraction of sp³-hybridized carbons (Fsp3) is 1.00. The van der Waals surface area contributed by atoms with Gasteiger partial charge in [0.25, 0.3) is 0 Å². The molecule has 0 atom stereocenters. The smallest absolute Gasteiger partial charge is 0.381 e. The third-order valence-corrected chi connectivity index (χ3v) is 3.36. The lowest BCUT2D eigenvalue weighted by Crippen LogP contribution is -2.48. The van der Waals surface area contributed by atoms with Crippen molar-refractivity contribution in [3.63, 3.8) is 0 Å². The van der Waals surface area contributed by atoms with Gasteiger partial charge in [0.1, 0.15) is 0 Å². The van der Waals surface area contributed by atoms with Crippen molar-refractivity contribution in [1.29, 1.82) is 0 Å². The third-order valence-electron chi connectivity index (χ3n) is 3.36. The highest BCUT2D eigenvalue weighted by molar-refractivity contribution is 4.87. The van der Waals surface area contributed by atoms with E-state index in [1.165, 1.54) is 11.9 Å². The van der Waals surface area contributed by atoms with Crippen LogP contribution < -0.4 is 5.32 Å². The highest BCUT2D eigenvalue weighted by atomic mass is 19.4. The van der Waals surface area contributed by atoms with Gasteiger partial charge in [-0.1, -0.05) is 6.92 Å². The van der Waals surface area contributed by atoms with Crippen LogP contribution >= 0.6 is 0 Å². The molecule has 1 N–H and O–H groups in total. The SMILES string of the molecule is CCNCC1(CN(C)CC(F)(F)F)CCOCC1. The van der Waals surface area contributed by atoms with E-state index in [1.54, 1.807) is 0 Å². The Morgan fingerprint density at radius 2 is 1.89 bits per heavy atom. The first-order valence-electron chi connectivity index (χ1n) is 6.41. The molecule has 0 aromatic carbocycles. The minimum absolute atomic E-state index is 0.0890. The Balaban J connectivity index is 2.54. The summed E-state index contributed by atoms with van der Waals surface area (Å²) in [7, 11) is 1.54. The summed E-state index contributed by atoms with van der Waals surface area (Å²) < 4.78 is 42.4. The Labute approximate surface area is 107 Å². The third kappa shape index (κ3) is 5.54. The topological polar surface area (TPSA) is 24.5 Å². The molecule has 1 fully saturated rings. The van der Waals surface area contributed by atoms with E-state index in [2.05, 4.69) is 5.32 Å². The Bertz CT molecular complexity index is 240. The number of alkyl halides is 3. The lowest BCUT2D eigenvalue weighted by atomic mass is 9.79. The second-order valence-corrected chi connectivity index (χ2v) is 5.18. The zero-order valence-corrected chi connectivity index (χ0v) is 11.1. The lowest BCUT2D eigenvalue weighted by molar-refractivity contribution is -0.147. The van der Waals surface area contributed by atoms with E-state index < -0.39 is 12.7 Å². The summed E-state index contributed by atoms with van der Waals surface area (Å²) in [6, 6.07) is 0. The van der Waals surface area contributed by atoms with Crippen LogP contribution in [0.25, 0.3) is 0 Å². The van der Waals surface area contributed by atoms with Gasteiger partial charge in [-0.05, 0) is 31.8 Å². The summed E-state index contributed by atoms with van der Waals surface area (Å²) in [6.45, 7) is 4.51. The summed E-state index contributed by atoms with van der Waals surface area (Å²) >= 11 is 0. The molecule has 0 saturated carbocycles. The van der Waals surface area contributed by atoms with Gasteiger partial charge in [-0.25, -0.2) is 0 Å². The monoisotopic (exact) mass is 268 g/mol. The van der Waals surface area contributed by atoms with E-state index in [0.717, 1.165) is 25.9 Å². The normalized spacial score (nSPS) is 20.3. The van der Waals surface area contributed by atoms with Crippen LogP contribution in [0.3, 0.4) is 0 Å². The first-order chi connectivity index (χ1) is 8.37. The quantitative estimate of drug-likeness (QED) is 0.796. The molecule has 0 unspecified atom stereocenters. The molecule has 6 heteroatoms. The molecular weight excluding hydrogens is 245 g/mol. The van der Waals surface area contributed by atoms with Crippen LogP contribution in [0.2, 0.25) is 0 Å². The highest BCUT2D eigenvalue weighted by Crippen LogP contribution is 2.31. The molecule has 0 aliphatic carbocycles. The zero-order valence-electron chi connectivity index (χ0n) is 11.1. The maximum Gasteiger partial charge on any atom is 0.401 e. The Morgan fingerprint density at radius 1 is 1.28 bits per heavy atom. The first-order valence-corrected chi connectivity index (χ1v) is 6.41. The molecule has 0 amide bonds. The fourth-order valence-electron chi connectivity index (χ4n) is 2.52. The molecule has 0 bridgehead atoms. The number of rotatable bonds is 6. The number of nitrogens with one attached hydrogen (secondary N) is 1. The number of hydrogen-bond acceptors (Lipinski definition) is 3. The van der Waals surface area contributed by atoms with Crippen LogP contribution in [-0.2, 0) is 4.74 Å². The van der Waals surface area contributed by atoms with Crippen molar-refractivity contribution in [2.24, 2.45) is 5.41 Å². The second-order valence-electron chi connectivity index (χ2n) is 5.18. The van der Waals surface area contributed by atoms with E-state index in [4.69, 9.17) is 4.74 Å². The van der Waals surface area contributed by atoms with Gasteiger partial charge in [0.2, 0.25) is 0 Å². The number of halogens is 3. The van der Waals surface area contributed by atoms with Crippen molar-refractivity contribution in [2.75, 3.05) is 46.4 Å². The van der Waals surface area contributed by atoms with Crippen LogP contribution in [0, 0.1) is 5.41 Å². The van der Waals surface area contributed by atoms with Gasteiger partial charge in [-0.2, -0.15) is 13.2 Å². The maximum absolute atomic E-state index is 12.4. The summed E-state index contributed by atoms with van der Waals surface area (Å²) in [5.41, 5.74) is -0.0890. The molecule has 1 aliphatic rings. The van der Waals surface area contributed by atoms with Crippen molar-refractivity contribution < 1.29 is 17.9 Å².